The average molecular weight is 299 g/mol. The molecule has 0 aromatic heterocycles. The minimum Gasteiger partial charge on any atom is -0.481 e. The summed E-state index contributed by atoms with van der Waals surface area (Å²) in [6.45, 7) is 3.59. The zero-order chi connectivity index (χ0) is 16.0. The Morgan fingerprint density at radius 1 is 1.19 bits per heavy atom. The number of rotatable bonds is 6. The Bertz CT molecular complexity index is 403. The van der Waals surface area contributed by atoms with Crippen LogP contribution in [0.4, 0.5) is 4.79 Å². The summed E-state index contributed by atoms with van der Waals surface area (Å²) in [6.07, 6.45) is 4.02. The molecule has 1 atom stereocenters. The van der Waals surface area contributed by atoms with Gasteiger partial charge in [-0.15, -0.1) is 0 Å². The maximum Gasteiger partial charge on any atom is 0.312 e. The quantitative estimate of drug-likeness (QED) is 0.584. The molecule has 1 aliphatic carbocycles. The van der Waals surface area contributed by atoms with Gasteiger partial charge in [0.1, 0.15) is 6.04 Å². The van der Waals surface area contributed by atoms with E-state index in [0.717, 1.165) is 19.3 Å². The van der Waals surface area contributed by atoms with E-state index in [0.29, 0.717) is 12.8 Å². The van der Waals surface area contributed by atoms with Crippen molar-refractivity contribution in [2.75, 3.05) is 0 Å². The maximum atomic E-state index is 12.4. The molecule has 0 spiro atoms. The molecule has 1 saturated carbocycles. The predicted octanol–water partition coefficient (Wildman–Crippen LogP) is 0.973. The number of hydrogen-bond donors (Lipinski definition) is 4. The maximum absolute atomic E-state index is 12.4. The van der Waals surface area contributed by atoms with Crippen molar-refractivity contribution in [1.82, 2.24) is 10.6 Å². The van der Waals surface area contributed by atoms with Gasteiger partial charge in [0, 0.05) is 0 Å². The van der Waals surface area contributed by atoms with Crippen LogP contribution in [0.25, 0.3) is 0 Å². The Labute approximate surface area is 124 Å². The van der Waals surface area contributed by atoms with Crippen LogP contribution in [0.15, 0.2) is 0 Å². The van der Waals surface area contributed by atoms with Gasteiger partial charge in [0.25, 0.3) is 0 Å². The summed E-state index contributed by atoms with van der Waals surface area (Å²) in [5.74, 6) is -1.43. The SMILES string of the molecule is CC(C)C(NC(N)=O)C(=O)NC1(CC(=O)O)CCCCC1. The van der Waals surface area contributed by atoms with Gasteiger partial charge in [0.2, 0.25) is 5.91 Å². The molecule has 0 heterocycles. The van der Waals surface area contributed by atoms with Crippen LogP contribution in [0.3, 0.4) is 0 Å². The number of amides is 3. The van der Waals surface area contributed by atoms with E-state index in [4.69, 9.17) is 10.8 Å². The average Bonchev–Trinajstić information content (AvgIpc) is 2.35. The van der Waals surface area contributed by atoms with Gasteiger partial charge in [-0.1, -0.05) is 33.1 Å². The second-order valence-electron chi connectivity index (χ2n) is 6.13. The summed E-state index contributed by atoms with van der Waals surface area (Å²) < 4.78 is 0. The number of hydrogen-bond acceptors (Lipinski definition) is 3. The molecule has 1 unspecified atom stereocenters. The second kappa shape index (κ2) is 7.28. The first-order valence-corrected chi connectivity index (χ1v) is 7.35. The van der Waals surface area contributed by atoms with Gasteiger partial charge in [-0.25, -0.2) is 4.79 Å². The second-order valence-corrected chi connectivity index (χ2v) is 6.13. The Morgan fingerprint density at radius 3 is 2.19 bits per heavy atom. The van der Waals surface area contributed by atoms with Crippen LogP contribution in [-0.2, 0) is 9.59 Å². The number of primary amides is 1. The lowest BCUT2D eigenvalue weighted by molar-refractivity contribution is -0.139. The van der Waals surface area contributed by atoms with E-state index in [1.807, 2.05) is 0 Å². The van der Waals surface area contributed by atoms with Gasteiger partial charge in [-0.05, 0) is 18.8 Å². The van der Waals surface area contributed by atoms with E-state index in [-0.39, 0.29) is 18.2 Å². The largest absolute Gasteiger partial charge is 0.481 e. The zero-order valence-electron chi connectivity index (χ0n) is 12.6. The normalized spacial score (nSPS) is 18.8. The number of carboxylic acids is 1. The molecule has 0 radical (unpaired) electrons. The summed E-state index contributed by atoms with van der Waals surface area (Å²) in [6, 6.07) is -1.52. The summed E-state index contributed by atoms with van der Waals surface area (Å²) in [7, 11) is 0. The molecule has 0 aromatic carbocycles. The standard InChI is InChI=1S/C14H25N3O4/c1-9(2)11(16-13(15)21)12(20)17-14(8-10(18)19)6-4-3-5-7-14/h9,11H,3-8H2,1-2H3,(H,17,20)(H,18,19)(H3,15,16,21). The van der Waals surface area contributed by atoms with E-state index >= 15 is 0 Å². The van der Waals surface area contributed by atoms with Crippen LogP contribution in [-0.4, -0.2) is 34.6 Å². The molecule has 120 valence electrons. The minimum absolute atomic E-state index is 0.0971. The molecule has 0 aliphatic heterocycles. The smallest absolute Gasteiger partial charge is 0.312 e. The molecule has 0 aromatic rings. The lowest BCUT2D eigenvalue weighted by Crippen LogP contribution is -2.59. The van der Waals surface area contributed by atoms with E-state index < -0.39 is 23.6 Å². The van der Waals surface area contributed by atoms with E-state index in [9.17, 15) is 14.4 Å². The first kappa shape index (κ1) is 17.3. The Hall–Kier alpha value is -1.79. The van der Waals surface area contributed by atoms with Crippen molar-refractivity contribution in [2.45, 2.75) is 64.0 Å². The molecule has 3 amide bonds. The van der Waals surface area contributed by atoms with Crippen LogP contribution in [0.5, 0.6) is 0 Å². The topological polar surface area (TPSA) is 122 Å². The first-order valence-electron chi connectivity index (χ1n) is 7.35. The molecule has 1 fully saturated rings. The number of aliphatic carboxylic acids is 1. The first-order chi connectivity index (χ1) is 9.76. The Balaban J connectivity index is 2.82. The fraction of sp³-hybridized carbons (Fsp3) is 0.786. The number of nitrogens with two attached hydrogens (primary N) is 1. The molecular weight excluding hydrogens is 274 g/mol. The number of carbonyl (C=O) groups is 3. The van der Waals surface area contributed by atoms with E-state index in [2.05, 4.69) is 10.6 Å². The Kier molecular flexibility index (Phi) is 5.99. The number of carbonyl (C=O) groups excluding carboxylic acids is 2. The van der Waals surface area contributed by atoms with Crippen LogP contribution in [0, 0.1) is 5.92 Å². The molecule has 7 nitrogen and oxygen atoms in total. The number of nitrogens with one attached hydrogen (secondary N) is 2. The summed E-state index contributed by atoms with van der Waals surface area (Å²) >= 11 is 0. The molecule has 7 heteroatoms. The summed E-state index contributed by atoms with van der Waals surface area (Å²) in [5, 5.41) is 14.4. The van der Waals surface area contributed by atoms with Crippen molar-refractivity contribution in [1.29, 1.82) is 0 Å². The van der Waals surface area contributed by atoms with Crippen molar-refractivity contribution in [2.24, 2.45) is 11.7 Å². The van der Waals surface area contributed by atoms with Crippen LogP contribution < -0.4 is 16.4 Å². The third-order valence-corrected chi connectivity index (χ3v) is 3.94. The lowest BCUT2D eigenvalue weighted by Gasteiger charge is -2.38. The number of carboxylic acid groups (broad SMARTS) is 1. The molecule has 1 aliphatic rings. The molecule has 1 rings (SSSR count). The molecule has 5 N–H and O–H groups in total. The van der Waals surface area contributed by atoms with Crippen molar-refractivity contribution < 1.29 is 19.5 Å². The highest BCUT2D eigenvalue weighted by Crippen LogP contribution is 2.31. The van der Waals surface area contributed by atoms with Gasteiger partial charge in [-0.3, -0.25) is 9.59 Å². The fourth-order valence-corrected chi connectivity index (χ4v) is 2.89. The summed E-state index contributed by atoms with van der Waals surface area (Å²) in [4.78, 5) is 34.5. The van der Waals surface area contributed by atoms with E-state index in [1.54, 1.807) is 13.8 Å². The highest BCUT2D eigenvalue weighted by Gasteiger charge is 2.38. The van der Waals surface area contributed by atoms with Gasteiger partial charge < -0.3 is 21.5 Å². The monoisotopic (exact) mass is 299 g/mol. The van der Waals surface area contributed by atoms with Crippen LogP contribution in [0.2, 0.25) is 0 Å². The van der Waals surface area contributed by atoms with Crippen molar-refractivity contribution in [3.05, 3.63) is 0 Å². The van der Waals surface area contributed by atoms with Gasteiger partial charge in [0.05, 0.1) is 12.0 Å². The predicted molar refractivity (Wildman–Crippen MR) is 77.6 cm³/mol. The molecule has 0 bridgehead atoms. The zero-order valence-corrected chi connectivity index (χ0v) is 12.6. The molecule has 21 heavy (non-hydrogen) atoms. The fourth-order valence-electron chi connectivity index (χ4n) is 2.89. The van der Waals surface area contributed by atoms with Gasteiger partial charge >= 0.3 is 12.0 Å². The van der Waals surface area contributed by atoms with Crippen molar-refractivity contribution in [3.63, 3.8) is 0 Å². The highest BCUT2D eigenvalue weighted by molar-refractivity contribution is 5.87. The lowest BCUT2D eigenvalue weighted by atomic mass is 9.79. The molecular formula is C14H25N3O4. The van der Waals surface area contributed by atoms with Crippen LogP contribution >= 0.6 is 0 Å². The third-order valence-electron chi connectivity index (χ3n) is 3.94. The van der Waals surface area contributed by atoms with Crippen molar-refractivity contribution in [3.8, 4) is 0 Å². The minimum atomic E-state index is -0.929. The molecule has 0 saturated heterocycles. The highest BCUT2D eigenvalue weighted by atomic mass is 16.4. The van der Waals surface area contributed by atoms with E-state index in [1.165, 1.54) is 0 Å². The van der Waals surface area contributed by atoms with Crippen LogP contribution in [0.1, 0.15) is 52.4 Å². The van der Waals surface area contributed by atoms with Gasteiger partial charge in [-0.2, -0.15) is 0 Å². The Morgan fingerprint density at radius 2 is 1.76 bits per heavy atom. The van der Waals surface area contributed by atoms with Gasteiger partial charge in [0.15, 0.2) is 0 Å². The summed E-state index contributed by atoms with van der Waals surface area (Å²) in [5.41, 5.74) is 4.38. The van der Waals surface area contributed by atoms with Crippen molar-refractivity contribution >= 4 is 17.9 Å². The number of urea groups is 1. The third kappa shape index (κ3) is 5.24.